The van der Waals surface area contributed by atoms with E-state index >= 15 is 0 Å². The molecule has 0 bridgehead atoms. The summed E-state index contributed by atoms with van der Waals surface area (Å²) in [5.74, 6) is 0.887. The molecule has 3 rings (SSSR count). The molecule has 0 heterocycles. The molecule has 0 radical (unpaired) electrons. The Morgan fingerprint density at radius 2 is 1.39 bits per heavy atom. The van der Waals surface area contributed by atoms with Crippen LogP contribution in [0, 0.1) is 6.92 Å². The van der Waals surface area contributed by atoms with Crippen molar-refractivity contribution in [2.24, 2.45) is 0 Å². The lowest BCUT2D eigenvalue weighted by Crippen LogP contribution is -1.93. The van der Waals surface area contributed by atoms with Crippen LogP contribution < -0.4 is 4.74 Å². The standard InChI is InChI=1S/C22H20O/c1-18-9-11-19(12-10-18)6-5-17-23-22-15-13-21(14-16-22)20-7-3-2-4-8-20/h2-16H,17H2,1H3/b6-5+. The highest BCUT2D eigenvalue weighted by molar-refractivity contribution is 5.63. The van der Waals surface area contributed by atoms with E-state index in [9.17, 15) is 0 Å². The number of hydrogen-bond acceptors (Lipinski definition) is 1. The van der Waals surface area contributed by atoms with Crippen molar-refractivity contribution in [3.05, 3.63) is 96.1 Å². The van der Waals surface area contributed by atoms with Gasteiger partial charge in [0.05, 0.1) is 0 Å². The summed E-state index contributed by atoms with van der Waals surface area (Å²) < 4.78 is 5.76. The number of ether oxygens (including phenoxy) is 1. The van der Waals surface area contributed by atoms with Gasteiger partial charge in [-0.05, 0) is 41.8 Å². The van der Waals surface area contributed by atoms with E-state index in [0.717, 1.165) is 5.75 Å². The van der Waals surface area contributed by atoms with E-state index in [4.69, 9.17) is 4.74 Å². The van der Waals surface area contributed by atoms with E-state index in [1.807, 2.05) is 24.3 Å². The van der Waals surface area contributed by atoms with Crippen LogP contribution in [0.3, 0.4) is 0 Å². The van der Waals surface area contributed by atoms with Gasteiger partial charge in [0.1, 0.15) is 12.4 Å². The van der Waals surface area contributed by atoms with Crippen LogP contribution in [0.25, 0.3) is 17.2 Å². The lowest BCUT2D eigenvalue weighted by Gasteiger charge is -2.05. The minimum absolute atomic E-state index is 0.568. The van der Waals surface area contributed by atoms with Crippen molar-refractivity contribution in [2.45, 2.75) is 6.92 Å². The molecule has 0 aliphatic rings. The number of aryl methyl sites for hydroxylation is 1. The summed E-state index contributed by atoms with van der Waals surface area (Å²) in [6.45, 7) is 2.66. The van der Waals surface area contributed by atoms with Gasteiger partial charge in [-0.2, -0.15) is 0 Å². The third-order valence-electron chi connectivity index (χ3n) is 3.70. The van der Waals surface area contributed by atoms with Gasteiger partial charge in [-0.25, -0.2) is 0 Å². The van der Waals surface area contributed by atoms with Crippen molar-refractivity contribution in [3.8, 4) is 16.9 Å². The van der Waals surface area contributed by atoms with Gasteiger partial charge in [-0.3, -0.25) is 0 Å². The molecule has 114 valence electrons. The second-order valence-corrected chi connectivity index (χ2v) is 5.51. The summed E-state index contributed by atoms with van der Waals surface area (Å²) in [4.78, 5) is 0. The fourth-order valence-electron chi connectivity index (χ4n) is 2.38. The zero-order valence-electron chi connectivity index (χ0n) is 13.3. The molecule has 23 heavy (non-hydrogen) atoms. The molecule has 0 fully saturated rings. The van der Waals surface area contributed by atoms with Gasteiger partial charge in [0.2, 0.25) is 0 Å². The van der Waals surface area contributed by atoms with Gasteiger partial charge in [0.15, 0.2) is 0 Å². The third kappa shape index (κ3) is 4.33. The molecule has 0 spiro atoms. The van der Waals surface area contributed by atoms with Crippen LogP contribution in [0.2, 0.25) is 0 Å². The second kappa shape index (κ2) is 7.46. The zero-order valence-corrected chi connectivity index (χ0v) is 13.3. The largest absolute Gasteiger partial charge is 0.490 e. The fraction of sp³-hybridized carbons (Fsp3) is 0.0909. The second-order valence-electron chi connectivity index (χ2n) is 5.51. The van der Waals surface area contributed by atoms with Gasteiger partial charge < -0.3 is 4.74 Å². The van der Waals surface area contributed by atoms with E-state index in [-0.39, 0.29) is 0 Å². The summed E-state index contributed by atoms with van der Waals surface area (Å²) >= 11 is 0. The Morgan fingerprint density at radius 1 is 0.739 bits per heavy atom. The predicted octanol–water partition coefficient (Wildman–Crippen LogP) is 5.75. The Bertz CT molecular complexity index is 753. The van der Waals surface area contributed by atoms with Gasteiger partial charge >= 0.3 is 0 Å². The van der Waals surface area contributed by atoms with Crippen LogP contribution >= 0.6 is 0 Å². The molecule has 1 nitrogen and oxygen atoms in total. The smallest absolute Gasteiger partial charge is 0.119 e. The maximum absolute atomic E-state index is 5.76. The lowest BCUT2D eigenvalue weighted by molar-refractivity contribution is 0.363. The van der Waals surface area contributed by atoms with Gasteiger partial charge in [0.25, 0.3) is 0 Å². The zero-order chi connectivity index (χ0) is 15.9. The number of hydrogen-bond donors (Lipinski definition) is 0. The van der Waals surface area contributed by atoms with E-state index in [0.29, 0.717) is 6.61 Å². The monoisotopic (exact) mass is 300 g/mol. The molecule has 0 aromatic heterocycles. The summed E-state index contributed by atoms with van der Waals surface area (Å²) in [5, 5.41) is 0. The highest BCUT2D eigenvalue weighted by Crippen LogP contribution is 2.22. The van der Waals surface area contributed by atoms with Crippen LogP contribution in [-0.2, 0) is 0 Å². The molecule has 0 aliphatic carbocycles. The summed E-state index contributed by atoms with van der Waals surface area (Å²) in [6, 6.07) is 27.0. The molecule has 0 saturated heterocycles. The average molecular weight is 300 g/mol. The Morgan fingerprint density at radius 3 is 2.09 bits per heavy atom. The molecular weight excluding hydrogens is 280 g/mol. The molecule has 0 N–H and O–H groups in total. The maximum Gasteiger partial charge on any atom is 0.119 e. The minimum Gasteiger partial charge on any atom is -0.490 e. The van der Waals surface area contributed by atoms with Gasteiger partial charge in [-0.1, -0.05) is 78.4 Å². The van der Waals surface area contributed by atoms with Crippen molar-refractivity contribution < 1.29 is 4.74 Å². The van der Waals surface area contributed by atoms with Crippen molar-refractivity contribution in [2.75, 3.05) is 6.61 Å². The summed E-state index contributed by atoms with van der Waals surface area (Å²) in [7, 11) is 0. The molecule has 0 atom stereocenters. The van der Waals surface area contributed by atoms with Crippen LogP contribution in [0.15, 0.2) is 84.9 Å². The lowest BCUT2D eigenvalue weighted by atomic mass is 10.1. The summed E-state index contributed by atoms with van der Waals surface area (Å²) in [6.07, 6.45) is 4.12. The number of rotatable bonds is 5. The normalized spacial score (nSPS) is 10.8. The van der Waals surface area contributed by atoms with E-state index in [2.05, 4.69) is 73.7 Å². The predicted molar refractivity (Wildman–Crippen MR) is 97.6 cm³/mol. The first kappa shape index (κ1) is 15.1. The first-order valence-corrected chi connectivity index (χ1v) is 7.83. The van der Waals surface area contributed by atoms with Crippen LogP contribution in [0.1, 0.15) is 11.1 Å². The highest BCUT2D eigenvalue weighted by Gasteiger charge is 1.97. The van der Waals surface area contributed by atoms with E-state index < -0.39 is 0 Å². The molecule has 0 amide bonds. The summed E-state index contributed by atoms with van der Waals surface area (Å²) in [5.41, 5.74) is 4.89. The molecule has 0 aliphatic heterocycles. The van der Waals surface area contributed by atoms with Crippen molar-refractivity contribution in [1.82, 2.24) is 0 Å². The topological polar surface area (TPSA) is 9.23 Å². The first-order chi connectivity index (χ1) is 11.3. The Balaban J connectivity index is 1.55. The highest BCUT2D eigenvalue weighted by atomic mass is 16.5. The SMILES string of the molecule is Cc1ccc(/C=C/COc2ccc(-c3ccccc3)cc2)cc1. The Labute approximate surface area is 137 Å². The van der Waals surface area contributed by atoms with E-state index in [1.165, 1.54) is 22.3 Å². The molecule has 3 aromatic rings. The van der Waals surface area contributed by atoms with Crippen molar-refractivity contribution in [3.63, 3.8) is 0 Å². The van der Waals surface area contributed by atoms with Crippen LogP contribution in [0.4, 0.5) is 0 Å². The molecule has 1 heteroatoms. The maximum atomic E-state index is 5.76. The third-order valence-corrected chi connectivity index (χ3v) is 3.70. The van der Waals surface area contributed by atoms with Crippen LogP contribution in [-0.4, -0.2) is 6.61 Å². The quantitative estimate of drug-likeness (QED) is 0.582. The Hall–Kier alpha value is -2.80. The van der Waals surface area contributed by atoms with Crippen molar-refractivity contribution >= 4 is 6.08 Å². The Kier molecular flexibility index (Phi) is 4.90. The fourth-order valence-corrected chi connectivity index (χ4v) is 2.38. The first-order valence-electron chi connectivity index (χ1n) is 7.83. The van der Waals surface area contributed by atoms with E-state index in [1.54, 1.807) is 0 Å². The van der Waals surface area contributed by atoms with Crippen molar-refractivity contribution in [1.29, 1.82) is 0 Å². The molecule has 0 unspecified atom stereocenters. The van der Waals surface area contributed by atoms with Gasteiger partial charge in [0, 0.05) is 0 Å². The van der Waals surface area contributed by atoms with Crippen LogP contribution in [0.5, 0.6) is 5.75 Å². The number of benzene rings is 3. The molecule has 3 aromatic carbocycles. The molecular formula is C22H20O. The molecule has 0 saturated carbocycles. The minimum atomic E-state index is 0.568. The average Bonchev–Trinajstić information content (AvgIpc) is 2.62. The van der Waals surface area contributed by atoms with Gasteiger partial charge in [-0.15, -0.1) is 0 Å².